The van der Waals surface area contributed by atoms with E-state index in [2.05, 4.69) is 28.2 Å². The monoisotopic (exact) mass is 466 g/mol. The Morgan fingerprint density at radius 1 is 0.500 bits per heavy atom. The summed E-state index contributed by atoms with van der Waals surface area (Å²) in [7, 11) is 8.64. The number of rotatable bonds is 17. The highest BCUT2D eigenvalue weighted by Crippen LogP contribution is 2.13. The van der Waals surface area contributed by atoms with Crippen LogP contribution in [-0.2, 0) is 0 Å². The minimum atomic E-state index is 0.233. The number of benzene rings is 2. The van der Waals surface area contributed by atoms with Gasteiger partial charge in [-0.2, -0.15) is 0 Å². The van der Waals surface area contributed by atoms with Crippen molar-refractivity contribution in [1.29, 1.82) is 0 Å². The van der Waals surface area contributed by atoms with E-state index in [0.717, 1.165) is 33.2 Å². The second kappa shape index (κ2) is 14.2. The van der Waals surface area contributed by atoms with E-state index in [1.807, 2.05) is 60.7 Å². The first kappa shape index (κ1) is 27.9. The molecule has 4 heteroatoms. The van der Waals surface area contributed by atoms with Crippen molar-refractivity contribution in [2.45, 2.75) is 51.4 Å². The lowest BCUT2D eigenvalue weighted by Gasteiger charge is -2.29. The molecule has 2 aromatic rings. The van der Waals surface area contributed by atoms with Crippen molar-refractivity contribution in [3.8, 4) is 0 Å². The number of ketones is 2. The molecule has 0 amide bonds. The molecule has 0 aliphatic carbocycles. The molecular weight excluding hydrogens is 420 g/mol. The maximum Gasteiger partial charge on any atom is 0.216 e. The summed E-state index contributed by atoms with van der Waals surface area (Å²) >= 11 is 0. The molecule has 186 valence electrons. The summed E-state index contributed by atoms with van der Waals surface area (Å²) < 4.78 is 1.52. The van der Waals surface area contributed by atoms with Crippen molar-refractivity contribution in [2.75, 3.05) is 54.4 Å². The predicted molar refractivity (Wildman–Crippen MR) is 142 cm³/mol. The van der Waals surface area contributed by atoms with E-state index in [9.17, 15) is 9.59 Å². The lowest BCUT2D eigenvalue weighted by Crippen LogP contribution is -2.44. The molecule has 2 aromatic carbocycles. The van der Waals surface area contributed by atoms with E-state index in [-0.39, 0.29) is 11.6 Å². The molecule has 0 atom stereocenters. The third-order valence-electron chi connectivity index (χ3n) is 6.61. The molecule has 0 aliphatic heterocycles. The second-order valence-electron chi connectivity index (χ2n) is 11.0. The van der Waals surface area contributed by atoms with Crippen molar-refractivity contribution in [2.24, 2.45) is 0 Å². The Morgan fingerprint density at radius 3 is 1.12 bits per heavy atom. The Hall–Kier alpha value is -2.30. The quantitative estimate of drug-likeness (QED) is 0.162. The lowest BCUT2D eigenvalue weighted by atomic mass is 10.1. The molecule has 0 aliphatic rings. The molecule has 0 N–H and O–H groups in total. The van der Waals surface area contributed by atoms with Gasteiger partial charge in [-0.15, -0.1) is 0 Å². The fourth-order valence-corrected chi connectivity index (χ4v) is 4.51. The first-order valence-electron chi connectivity index (χ1n) is 13.0. The van der Waals surface area contributed by atoms with E-state index >= 15 is 0 Å². The number of carbonyl (C=O) groups excluding carboxylic acids is 2. The van der Waals surface area contributed by atoms with Crippen LogP contribution in [0.25, 0.3) is 0 Å². The van der Waals surface area contributed by atoms with Crippen molar-refractivity contribution in [3.63, 3.8) is 0 Å². The first-order valence-corrected chi connectivity index (χ1v) is 13.0. The van der Waals surface area contributed by atoms with Gasteiger partial charge >= 0.3 is 0 Å². The van der Waals surface area contributed by atoms with Crippen LogP contribution in [0, 0.1) is 0 Å². The zero-order valence-electron chi connectivity index (χ0n) is 22.0. The van der Waals surface area contributed by atoms with E-state index in [0.29, 0.717) is 13.1 Å². The molecule has 0 radical (unpaired) electrons. The molecule has 0 aromatic heterocycles. The average Bonchev–Trinajstić information content (AvgIpc) is 2.80. The highest BCUT2D eigenvalue weighted by molar-refractivity contribution is 5.97. The highest BCUT2D eigenvalue weighted by atomic mass is 16.1. The molecule has 0 heterocycles. The van der Waals surface area contributed by atoms with E-state index in [4.69, 9.17) is 0 Å². The maximum atomic E-state index is 12.5. The van der Waals surface area contributed by atoms with E-state index in [1.165, 1.54) is 51.4 Å². The zero-order chi connectivity index (χ0) is 24.9. The van der Waals surface area contributed by atoms with Crippen LogP contribution in [0.15, 0.2) is 60.7 Å². The Morgan fingerprint density at radius 2 is 0.794 bits per heavy atom. The summed E-state index contributed by atoms with van der Waals surface area (Å²) in [4.78, 5) is 24.9. The normalized spacial score (nSPS) is 12.0. The number of nitrogens with zero attached hydrogens (tertiary/aromatic N) is 2. The van der Waals surface area contributed by atoms with Crippen LogP contribution in [-0.4, -0.2) is 74.9 Å². The SMILES string of the molecule is C[N+](C)(CCCCCCCCCC[N+](C)(C)CC(=O)c1ccccc1)CC(=O)c1ccccc1. The largest absolute Gasteiger partial charge is 0.322 e. The summed E-state index contributed by atoms with van der Waals surface area (Å²) in [5.74, 6) is 0.466. The molecule has 34 heavy (non-hydrogen) atoms. The minimum absolute atomic E-state index is 0.233. The van der Waals surface area contributed by atoms with Gasteiger partial charge in [-0.25, -0.2) is 0 Å². The number of hydrogen-bond donors (Lipinski definition) is 0. The number of carbonyl (C=O) groups is 2. The molecule has 2 rings (SSSR count). The third-order valence-corrected chi connectivity index (χ3v) is 6.61. The smallest absolute Gasteiger partial charge is 0.216 e. The summed E-state index contributed by atoms with van der Waals surface area (Å²) in [5.41, 5.74) is 1.64. The van der Waals surface area contributed by atoms with Gasteiger partial charge in [0.15, 0.2) is 0 Å². The molecule has 0 fully saturated rings. The average molecular weight is 467 g/mol. The van der Waals surface area contributed by atoms with Crippen LogP contribution in [0.2, 0.25) is 0 Å². The summed E-state index contributed by atoms with van der Waals surface area (Å²) in [6.45, 7) is 3.23. The van der Waals surface area contributed by atoms with Crippen LogP contribution in [0.1, 0.15) is 72.1 Å². The van der Waals surface area contributed by atoms with Crippen molar-refractivity contribution >= 4 is 11.6 Å². The lowest BCUT2D eigenvalue weighted by molar-refractivity contribution is -0.882. The molecule has 0 unspecified atom stereocenters. The summed E-state index contributed by atoms with van der Waals surface area (Å²) in [6.07, 6.45) is 9.98. The summed E-state index contributed by atoms with van der Waals surface area (Å²) in [6, 6.07) is 19.3. The van der Waals surface area contributed by atoms with Gasteiger partial charge in [0.2, 0.25) is 11.6 Å². The summed E-state index contributed by atoms with van der Waals surface area (Å²) in [5, 5.41) is 0. The molecular formula is C30H46N2O2+2. The van der Waals surface area contributed by atoms with E-state index in [1.54, 1.807) is 0 Å². The predicted octanol–water partition coefficient (Wildman–Crippen LogP) is 6.03. The van der Waals surface area contributed by atoms with Crippen LogP contribution >= 0.6 is 0 Å². The number of unbranched alkanes of at least 4 members (excludes halogenated alkanes) is 7. The third kappa shape index (κ3) is 11.2. The first-order chi connectivity index (χ1) is 16.2. The standard InChI is InChI=1S/C30H46N2O2/c1-31(2,25-29(33)27-19-13-11-14-20-27)23-17-9-7-5-6-8-10-18-24-32(3,4)26-30(34)28-21-15-12-16-22-28/h11-16,19-22H,5-10,17-18,23-26H2,1-4H3/q+2. The molecule has 0 bridgehead atoms. The molecule has 0 saturated heterocycles. The van der Waals surface area contributed by atoms with Crippen molar-refractivity contribution in [1.82, 2.24) is 0 Å². The van der Waals surface area contributed by atoms with Crippen LogP contribution in [0.3, 0.4) is 0 Å². The number of likely N-dealkylation sites (N-methyl/N-ethyl adjacent to an activating group) is 2. The van der Waals surface area contributed by atoms with Gasteiger partial charge in [-0.1, -0.05) is 86.3 Å². The fourth-order valence-electron chi connectivity index (χ4n) is 4.51. The zero-order valence-corrected chi connectivity index (χ0v) is 22.0. The maximum absolute atomic E-state index is 12.5. The van der Waals surface area contributed by atoms with Gasteiger partial charge < -0.3 is 8.97 Å². The van der Waals surface area contributed by atoms with Gasteiger partial charge in [-0.05, 0) is 25.7 Å². The van der Waals surface area contributed by atoms with Crippen molar-refractivity contribution in [3.05, 3.63) is 71.8 Å². The van der Waals surface area contributed by atoms with Crippen LogP contribution in [0.4, 0.5) is 0 Å². The minimum Gasteiger partial charge on any atom is -0.322 e. The number of quaternary nitrogens is 2. The van der Waals surface area contributed by atoms with Gasteiger partial charge in [-0.3, -0.25) is 9.59 Å². The number of hydrogen-bond acceptors (Lipinski definition) is 2. The molecule has 0 saturated carbocycles. The Labute approximate surface area is 207 Å². The van der Waals surface area contributed by atoms with E-state index < -0.39 is 0 Å². The van der Waals surface area contributed by atoms with Crippen LogP contribution < -0.4 is 0 Å². The Balaban J connectivity index is 1.49. The van der Waals surface area contributed by atoms with Gasteiger partial charge in [0, 0.05) is 11.1 Å². The number of Topliss-reactive ketones (excluding diaryl/α,β-unsaturated/α-hetero) is 2. The fraction of sp³-hybridized carbons (Fsp3) is 0.533. The topological polar surface area (TPSA) is 34.1 Å². The Kier molecular flexibility index (Phi) is 11.7. The van der Waals surface area contributed by atoms with Gasteiger partial charge in [0.25, 0.3) is 0 Å². The van der Waals surface area contributed by atoms with Crippen LogP contribution in [0.5, 0.6) is 0 Å². The van der Waals surface area contributed by atoms with Crippen molar-refractivity contribution < 1.29 is 18.6 Å². The molecule has 0 spiro atoms. The van der Waals surface area contributed by atoms with Gasteiger partial charge in [0.1, 0.15) is 13.1 Å². The molecule has 4 nitrogen and oxygen atoms in total. The van der Waals surface area contributed by atoms with Gasteiger partial charge in [0.05, 0.1) is 41.3 Å². The Bertz CT molecular complexity index is 786. The highest BCUT2D eigenvalue weighted by Gasteiger charge is 2.21. The second-order valence-corrected chi connectivity index (χ2v) is 11.0.